The third kappa shape index (κ3) is 3.33. The van der Waals surface area contributed by atoms with E-state index < -0.39 is 0 Å². The number of phenols is 1. The lowest BCUT2D eigenvalue weighted by Gasteiger charge is -2.13. The quantitative estimate of drug-likeness (QED) is 0.353. The number of aromatic nitrogens is 2. The number of halogens is 1. The number of hydrogen-bond acceptors (Lipinski definition) is 4. The first-order chi connectivity index (χ1) is 14.6. The predicted molar refractivity (Wildman–Crippen MR) is 120 cm³/mol. The highest BCUT2D eigenvalue weighted by molar-refractivity contribution is 7.16. The van der Waals surface area contributed by atoms with Crippen LogP contribution in [0, 0.1) is 12.7 Å². The number of hydrogen-bond donors (Lipinski definition) is 1. The molecule has 0 radical (unpaired) electrons. The topological polar surface area (TPSA) is 46.0 Å². The molecule has 0 amide bonds. The van der Waals surface area contributed by atoms with Crippen LogP contribution in [0.1, 0.15) is 5.56 Å². The van der Waals surface area contributed by atoms with Crippen molar-refractivity contribution in [1.82, 2.24) is 9.97 Å². The van der Waals surface area contributed by atoms with Gasteiger partial charge in [0.15, 0.2) is 0 Å². The predicted octanol–water partition coefficient (Wildman–Crippen LogP) is 6.85. The van der Waals surface area contributed by atoms with Crippen molar-refractivity contribution in [3.63, 3.8) is 0 Å². The van der Waals surface area contributed by atoms with E-state index in [2.05, 4.69) is 17.1 Å². The van der Waals surface area contributed by atoms with Gasteiger partial charge in [-0.1, -0.05) is 18.2 Å². The summed E-state index contributed by atoms with van der Waals surface area (Å²) in [5.41, 5.74) is 8.74. The number of phenolic OH excluding ortho intramolecular Hbond substituents is 1. The molecular weight excluding hydrogens is 395 g/mol. The van der Waals surface area contributed by atoms with Crippen LogP contribution in [0.15, 0.2) is 78.4 Å². The first kappa shape index (κ1) is 18.5. The lowest BCUT2D eigenvalue weighted by Crippen LogP contribution is -1.93. The number of rotatable bonds is 3. The molecule has 0 spiro atoms. The van der Waals surface area contributed by atoms with Gasteiger partial charge in [-0.2, -0.15) is 0 Å². The Morgan fingerprint density at radius 2 is 1.70 bits per heavy atom. The maximum Gasteiger partial charge on any atom is 0.126 e. The van der Waals surface area contributed by atoms with Gasteiger partial charge in [-0.3, -0.25) is 4.98 Å². The summed E-state index contributed by atoms with van der Waals surface area (Å²) in [6, 6.07) is 20.4. The zero-order valence-corrected chi connectivity index (χ0v) is 16.9. The van der Waals surface area contributed by atoms with E-state index in [0.29, 0.717) is 5.56 Å². The SMILES string of the molecule is Cc1cc(-c2ncc(-c3cccc(O)c3)cc2-c2ccc3ncsc3c2)ccc1F. The van der Waals surface area contributed by atoms with Crippen LogP contribution in [0.4, 0.5) is 4.39 Å². The highest BCUT2D eigenvalue weighted by Crippen LogP contribution is 2.36. The van der Waals surface area contributed by atoms with E-state index in [9.17, 15) is 9.50 Å². The van der Waals surface area contributed by atoms with E-state index in [1.54, 1.807) is 42.7 Å². The number of fused-ring (bicyclic) bond motifs is 1. The number of pyridine rings is 1. The van der Waals surface area contributed by atoms with Gasteiger partial charge < -0.3 is 5.11 Å². The van der Waals surface area contributed by atoms with Gasteiger partial charge >= 0.3 is 0 Å². The summed E-state index contributed by atoms with van der Waals surface area (Å²) in [4.78, 5) is 9.12. The van der Waals surface area contributed by atoms with Crippen molar-refractivity contribution in [2.24, 2.45) is 0 Å². The van der Waals surface area contributed by atoms with Gasteiger partial charge in [0.05, 0.1) is 21.4 Å². The summed E-state index contributed by atoms with van der Waals surface area (Å²) < 4.78 is 14.9. The standard InChI is InChI=1S/C25H17FN2OS/c1-15-9-18(5-7-22(15)26)25-21(17-6-8-23-24(12-17)30-14-28-23)11-19(13-27-25)16-3-2-4-20(29)10-16/h2-14,29H,1H3. The molecule has 0 bridgehead atoms. The molecule has 0 aliphatic carbocycles. The maximum absolute atomic E-state index is 13.9. The summed E-state index contributed by atoms with van der Waals surface area (Å²) in [5.74, 6) is -0.0267. The van der Waals surface area contributed by atoms with E-state index in [0.717, 1.165) is 43.7 Å². The van der Waals surface area contributed by atoms with Crippen LogP contribution in [0.2, 0.25) is 0 Å². The molecule has 2 heterocycles. The van der Waals surface area contributed by atoms with Crippen LogP contribution in [-0.2, 0) is 0 Å². The summed E-state index contributed by atoms with van der Waals surface area (Å²) in [6.07, 6.45) is 1.79. The van der Waals surface area contributed by atoms with E-state index in [4.69, 9.17) is 4.98 Å². The Labute approximate surface area is 177 Å². The fraction of sp³-hybridized carbons (Fsp3) is 0.0400. The van der Waals surface area contributed by atoms with Crippen LogP contribution in [0.25, 0.3) is 43.7 Å². The summed E-state index contributed by atoms with van der Waals surface area (Å²) in [6.45, 7) is 1.75. The summed E-state index contributed by atoms with van der Waals surface area (Å²) in [5, 5.41) is 9.88. The molecule has 2 aromatic heterocycles. The van der Waals surface area contributed by atoms with Crippen molar-refractivity contribution in [2.45, 2.75) is 6.92 Å². The first-order valence-electron chi connectivity index (χ1n) is 9.48. The van der Waals surface area contributed by atoms with E-state index in [1.165, 1.54) is 6.07 Å². The third-order valence-corrected chi connectivity index (χ3v) is 5.93. The Balaban J connectivity index is 1.74. The molecule has 0 unspecified atom stereocenters. The van der Waals surface area contributed by atoms with Gasteiger partial charge in [0, 0.05) is 22.9 Å². The number of nitrogens with zero attached hydrogens (tertiary/aromatic N) is 2. The molecule has 0 saturated carbocycles. The van der Waals surface area contributed by atoms with E-state index in [-0.39, 0.29) is 11.6 Å². The lowest BCUT2D eigenvalue weighted by molar-refractivity contribution is 0.475. The minimum atomic E-state index is -0.234. The van der Waals surface area contributed by atoms with Crippen LogP contribution in [0.3, 0.4) is 0 Å². The van der Waals surface area contributed by atoms with Crippen LogP contribution >= 0.6 is 11.3 Å². The Kier molecular flexibility index (Phi) is 4.52. The Hall–Kier alpha value is -3.57. The second-order valence-electron chi connectivity index (χ2n) is 7.17. The largest absolute Gasteiger partial charge is 0.508 e. The van der Waals surface area contributed by atoms with E-state index in [1.807, 2.05) is 35.8 Å². The van der Waals surface area contributed by atoms with Crippen molar-refractivity contribution in [3.8, 4) is 39.3 Å². The smallest absolute Gasteiger partial charge is 0.126 e. The van der Waals surface area contributed by atoms with Gasteiger partial charge in [-0.05, 0) is 72.1 Å². The van der Waals surface area contributed by atoms with Crippen molar-refractivity contribution < 1.29 is 9.50 Å². The minimum absolute atomic E-state index is 0.207. The Bertz CT molecular complexity index is 1390. The van der Waals surface area contributed by atoms with Gasteiger partial charge in [0.25, 0.3) is 0 Å². The molecule has 146 valence electrons. The minimum Gasteiger partial charge on any atom is -0.508 e. The zero-order valence-electron chi connectivity index (χ0n) is 16.1. The molecule has 1 N–H and O–H groups in total. The molecule has 0 aliphatic heterocycles. The second-order valence-corrected chi connectivity index (χ2v) is 8.06. The average Bonchev–Trinajstić information content (AvgIpc) is 3.23. The van der Waals surface area contributed by atoms with Crippen LogP contribution in [0.5, 0.6) is 5.75 Å². The third-order valence-electron chi connectivity index (χ3n) is 5.14. The molecule has 30 heavy (non-hydrogen) atoms. The molecule has 3 aromatic carbocycles. The average molecular weight is 412 g/mol. The molecule has 0 fully saturated rings. The van der Waals surface area contributed by atoms with Crippen molar-refractivity contribution in [3.05, 3.63) is 89.8 Å². The molecule has 5 aromatic rings. The van der Waals surface area contributed by atoms with Crippen LogP contribution in [-0.4, -0.2) is 15.1 Å². The molecule has 0 aliphatic rings. The monoisotopic (exact) mass is 412 g/mol. The second kappa shape index (κ2) is 7.35. The highest BCUT2D eigenvalue weighted by atomic mass is 32.1. The van der Waals surface area contributed by atoms with Crippen LogP contribution < -0.4 is 0 Å². The fourth-order valence-electron chi connectivity index (χ4n) is 3.57. The zero-order chi connectivity index (χ0) is 20.7. The van der Waals surface area contributed by atoms with Gasteiger partial charge in [-0.25, -0.2) is 9.37 Å². The summed E-state index contributed by atoms with van der Waals surface area (Å²) >= 11 is 1.59. The Morgan fingerprint density at radius 1 is 0.833 bits per heavy atom. The fourth-order valence-corrected chi connectivity index (χ4v) is 4.29. The van der Waals surface area contributed by atoms with Gasteiger partial charge in [0.1, 0.15) is 11.6 Å². The van der Waals surface area contributed by atoms with Gasteiger partial charge in [-0.15, -0.1) is 11.3 Å². The van der Waals surface area contributed by atoms with Crippen molar-refractivity contribution >= 4 is 21.6 Å². The number of aryl methyl sites for hydroxylation is 1. The van der Waals surface area contributed by atoms with Crippen molar-refractivity contribution in [2.75, 3.05) is 0 Å². The Morgan fingerprint density at radius 3 is 2.53 bits per heavy atom. The highest BCUT2D eigenvalue weighted by Gasteiger charge is 2.14. The molecule has 5 heteroatoms. The number of thiazole rings is 1. The summed E-state index contributed by atoms with van der Waals surface area (Å²) in [7, 11) is 0. The molecule has 0 atom stereocenters. The normalized spacial score (nSPS) is 11.1. The lowest BCUT2D eigenvalue weighted by atomic mass is 9.95. The first-order valence-corrected chi connectivity index (χ1v) is 10.4. The molecule has 3 nitrogen and oxygen atoms in total. The van der Waals surface area contributed by atoms with Crippen molar-refractivity contribution in [1.29, 1.82) is 0 Å². The van der Waals surface area contributed by atoms with Gasteiger partial charge in [0.2, 0.25) is 0 Å². The maximum atomic E-state index is 13.9. The molecule has 5 rings (SSSR count). The van der Waals surface area contributed by atoms with E-state index >= 15 is 0 Å². The number of benzene rings is 3. The molecule has 0 saturated heterocycles. The number of aromatic hydroxyl groups is 1. The molecular formula is C25H17FN2OS.